The Morgan fingerprint density at radius 2 is 1.84 bits per heavy atom. The normalized spacial score (nSPS) is 27.9. The van der Waals surface area contributed by atoms with Gasteiger partial charge in [-0.15, -0.1) is 0 Å². The number of para-hydroxylation sites is 1. The van der Waals surface area contributed by atoms with Crippen LogP contribution in [0, 0.1) is 5.92 Å². The van der Waals surface area contributed by atoms with Crippen molar-refractivity contribution < 1.29 is 4.74 Å². The number of hydrogen-bond acceptors (Lipinski definition) is 2. The Hall–Kier alpha value is -1.80. The Bertz CT molecular complexity index is 595. The maximum Gasteiger partial charge on any atom is 0.127 e. The van der Waals surface area contributed by atoms with Crippen LogP contribution in [0.2, 0.25) is 0 Å². The predicted octanol–water partition coefficient (Wildman–Crippen LogP) is 3.34. The van der Waals surface area contributed by atoms with Crippen molar-refractivity contribution in [3.8, 4) is 11.5 Å². The summed E-state index contributed by atoms with van der Waals surface area (Å²) < 4.78 is 5.92. The average Bonchev–Trinajstić information content (AvgIpc) is 3.03. The summed E-state index contributed by atoms with van der Waals surface area (Å²) in [5, 5.41) is 3.49. The fourth-order valence-electron chi connectivity index (χ4n) is 3.28. The SMILES string of the molecule is c1ccc(Oc2cccc(C34CNCC3C4)c2)cc1. The zero-order valence-corrected chi connectivity index (χ0v) is 10.8. The average molecular weight is 251 g/mol. The van der Waals surface area contributed by atoms with E-state index in [9.17, 15) is 0 Å². The highest BCUT2D eigenvalue weighted by atomic mass is 16.5. The largest absolute Gasteiger partial charge is 0.457 e. The van der Waals surface area contributed by atoms with Crippen molar-refractivity contribution in [3.05, 3.63) is 60.2 Å². The standard InChI is InChI=1S/C17H17NO/c1-2-6-15(7-3-1)19-16-8-4-5-13(9-16)17-10-14(17)11-18-12-17/h1-9,14,18H,10-12H2. The number of fused-ring (bicyclic) bond motifs is 1. The summed E-state index contributed by atoms with van der Waals surface area (Å²) >= 11 is 0. The van der Waals surface area contributed by atoms with E-state index < -0.39 is 0 Å². The maximum atomic E-state index is 5.92. The van der Waals surface area contributed by atoms with Gasteiger partial charge in [0.15, 0.2) is 0 Å². The molecule has 2 heteroatoms. The molecular formula is C17H17NO. The Morgan fingerprint density at radius 1 is 1.00 bits per heavy atom. The van der Waals surface area contributed by atoms with Gasteiger partial charge in [0.05, 0.1) is 0 Å². The zero-order valence-electron chi connectivity index (χ0n) is 10.8. The third-order valence-electron chi connectivity index (χ3n) is 4.45. The van der Waals surface area contributed by atoms with E-state index >= 15 is 0 Å². The molecule has 1 aliphatic carbocycles. The minimum absolute atomic E-state index is 0.399. The molecule has 2 nitrogen and oxygen atoms in total. The fraction of sp³-hybridized carbons (Fsp3) is 0.294. The number of ether oxygens (including phenoxy) is 1. The van der Waals surface area contributed by atoms with Crippen LogP contribution in [0.4, 0.5) is 0 Å². The van der Waals surface area contributed by atoms with Crippen molar-refractivity contribution >= 4 is 0 Å². The lowest BCUT2D eigenvalue weighted by atomic mass is 9.95. The molecule has 96 valence electrons. The molecule has 0 bridgehead atoms. The van der Waals surface area contributed by atoms with Crippen LogP contribution >= 0.6 is 0 Å². The van der Waals surface area contributed by atoms with Crippen LogP contribution < -0.4 is 10.1 Å². The van der Waals surface area contributed by atoms with Crippen molar-refractivity contribution in [3.63, 3.8) is 0 Å². The summed E-state index contributed by atoms with van der Waals surface area (Å²) in [4.78, 5) is 0. The van der Waals surface area contributed by atoms with Gasteiger partial charge in [-0.1, -0.05) is 30.3 Å². The molecule has 0 amide bonds. The molecule has 0 aromatic heterocycles. The first kappa shape index (κ1) is 11.1. The Morgan fingerprint density at radius 3 is 2.58 bits per heavy atom. The van der Waals surface area contributed by atoms with E-state index in [0.29, 0.717) is 5.41 Å². The van der Waals surface area contributed by atoms with Gasteiger partial charge in [-0.25, -0.2) is 0 Å². The third kappa shape index (κ3) is 1.83. The van der Waals surface area contributed by atoms with Crippen LogP contribution in [0.5, 0.6) is 11.5 Å². The molecule has 0 spiro atoms. The van der Waals surface area contributed by atoms with Crippen LogP contribution in [-0.4, -0.2) is 13.1 Å². The molecule has 4 rings (SSSR count). The lowest BCUT2D eigenvalue weighted by Crippen LogP contribution is -2.19. The van der Waals surface area contributed by atoms with Crippen LogP contribution in [0.1, 0.15) is 12.0 Å². The molecule has 0 radical (unpaired) electrons. The van der Waals surface area contributed by atoms with Gasteiger partial charge in [0.25, 0.3) is 0 Å². The molecule has 1 N–H and O–H groups in total. The van der Waals surface area contributed by atoms with Gasteiger partial charge in [-0.3, -0.25) is 0 Å². The second kappa shape index (κ2) is 4.10. The molecule has 2 unspecified atom stereocenters. The summed E-state index contributed by atoms with van der Waals surface area (Å²) in [6.07, 6.45) is 1.33. The molecule has 1 saturated heterocycles. The summed E-state index contributed by atoms with van der Waals surface area (Å²) in [6.45, 7) is 2.29. The first-order valence-electron chi connectivity index (χ1n) is 6.91. The maximum absolute atomic E-state index is 5.92. The van der Waals surface area contributed by atoms with E-state index in [1.807, 2.05) is 36.4 Å². The second-order valence-corrected chi connectivity index (χ2v) is 5.63. The smallest absolute Gasteiger partial charge is 0.127 e. The van der Waals surface area contributed by atoms with Gasteiger partial charge >= 0.3 is 0 Å². The van der Waals surface area contributed by atoms with Gasteiger partial charge < -0.3 is 10.1 Å². The second-order valence-electron chi connectivity index (χ2n) is 5.63. The minimum atomic E-state index is 0.399. The van der Waals surface area contributed by atoms with E-state index in [-0.39, 0.29) is 0 Å². The van der Waals surface area contributed by atoms with Crippen molar-refractivity contribution in [1.29, 1.82) is 0 Å². The van der Waals surface area contributed by atoms with Crippen molar-refractivity contribution in [2.45, 2.75) is 11.8 Å². The number of rotatable bonds is 3. The van der Waals surface area contributed by atoms with Crippen molar-refractivity contribution in [2.24, 2.45) is 5.92 Å². The lowest BCUT2D eigenvalue weighted by molar-refractivity contribution is 0.480. The lowest BCUT2D eigenvalue weighted by Gasteiger charge is -2.14. The van der Waals surface area contributed by atoms with E-state index in [4.69, 9.17) is 4.74 Å². The minimum Gasteiger partial charge on any atom is -0.457 e. The molecule has 19 heavy (non-hydrogen) atoms. The van der Waals surface area contributed by atoms with Crippen molar-refractivity contribution in [2.75, 3.05) is 13.1 Å². The summed E-state index contributed by atoms with van der Waals surface area (Å²) in [7, 11) is 0. The van der Waals surface area contributed by atoms with Crippen LogP contribution in [-0.2, 0) is 5.41 Å². The first-order chi connectivity index (χ1) is 9.37. The topological polar surface area (TPSA) is 21.3 Å². The van der Waals surface area contributed by atoms with Crippen LogP contribution in [0.3, 0.4) is 0 Å². The fourth-order valence-corrected chi connectivity index (χ4v) is 3.28. The molecule has 1 saturated carbocycles. The number of hydrogen-bond donors (Lipinski definition) is 1. The highest BCUT2D eigenvalue weighted by Gasteiger charge is 2.58. The molecule has 2 aromatic carbocycles. The monoisotopic (exact) mass is 251 g/mol. The highest BCUT2D eigenvalue weighted by Crippen LogP contribution is 2.56. The van der Waals surface area contributed by atoms with Crippen molar-refractivity contribution in [1.82, 2.24) is 5.32 Å². The molecule has 2 fully saturated rings. The number of piperidine rings is 1. The van der Waals surface area contributed by atoms with Gasteiger partial charge in [0, 0.05) is 12.0 Å². The number of benzene rings is 2. The number of nitrogens with one attached hydrogen (secondary N) is 1. The Balaban J connectivity index is 1.61. The molecule has 1 aliphatic heterocycles. The van der Waals surface area contributed by atoms with Gasteiger partial charge in [0.1, 0.15) is 11.5 Å². The van der Waals surface area contributed by atoms with E-state index in [1.165, 1.54) is 18.5 Å². The molecular weight excluding hydrogens is 234 g/mol. The molecule has 2 atom stereocenters. The van der Waals surface area contributed by atoms with E-state index in [2.05, 4.69) is 23.5 Å². The molecule has 2 aliphatic rings. The third-order valence-corrected chi connectivity index (χ3v) is 4.45. The van der Waals surface area contributed by atoms with E-state index in [1.54, 1.807) is 0 Å². The predicted molar refractivity (Wildman–Crippen MR) is 75.6 cm³/mol. The Kier molecular flexibility index (Phi) is 2.39. The van der Waals surface area contributed by atoms with Gasteiger partial charge in [-0.05, 0) is 48.7 Å². The van der Waals surface area contributed by atoms with Crippen LogP contribution in [0.15, 0.2) is 54.6 Å². The van der Waals surface area contributed by atoms with Crippen LogP contribution in [0.25, 0.3) is 0 Å². The van der Waals surface area contributed by atoms with Gasteiger partial charge in [0.2, 0.25) is 0 Å². The zero-order chi connectivity index (χ0) is 12.7. The summed E-state index contributed by atoms with van der Waals surface area (Å²) in [5.41, 5.74) is 1.83. The van der Waals surface area contributed by atoms with E-state index in [0.717, 1.165) is 24.0 Å². The molecule has 2 aromatic rings. The summed E-state index contributed by atoms with van der Waals surface area (Å²) in [6, 6.07) is 18.6. The quantitative estimate of drug-likeness (QED) is 0.903. The highest BCUT2D eigenvalue weighted by molar-refractivity contribution is 5.42. The Labute approximate surface area is 113 Å². The first-order valence-corrected chi connectivity index (χ1v) is 6.91. The molecule has 1 heterocycles. The van der Waals surface area contributed by atoms with Gasteiger partial charge in [-0.2, -0.15) is 0 Å². The summed E-state index contributed by atoms with van der Waals surface area (Å²) in [5.74, 6) is 2.67.